The molecule has 168 valence electrons. The summed E-state index contributed by atoms with van der Waals surface area (Å²) in [6.07, 6.45) is 4.98. The molecule has 3 rings (SSSR count). The van der Waals surface area contributed by atoms with Crippen LogP contribution in [-0.2, 0) is 0 Å². The molecule has 7 nitrogen and oxygen atoms in total. The fraction of sp³-hybridized carbons (Fsp3) is 0.696. The van der Waals surface area contributed by atoms with Gasteiger partial charge in [-0.2, -0.15) is 0 Å². The fourth-order valence-electron chi connectivity index (χ4n) is 4.43. The van der Waals surface area contributed by atoms with E-state index in [1.165, 1.54) is 6.42 Å². The third kappa shape index (κ3) is 5.50. The Labute approximate surface area is 180 Å². The van der Waals surface area contributed by atoms with Gasteiger partial charge >= 0.3 is 0 Å². The Kier molecular flexibility index (Phi) is 7.69. The largest absolute Gasteiger partial charge is 0.497 e. The second-order valence-electron chi connectivity index (χ2n) is 8.76. The Bertz CT molecular complexity index is 704. The zero-order valence-electron chi connectivity index (χ0n) is 18.9. The predicted molar refractivity (Wildman–Crippen MR) is 122 cm³/mol. The normalized spacial score (nSPS) is 27.1. The Hall–Kier alpha value is -2.15. The molecule has 1 aromatic carbocycles. The fourth-order valence-corrected chi connectivity index (χ4v) is 4.43. The van der Waals surface area contributed by atoms with E-state index in [-0.39, 0.29) is 11.5 Å². The van der Waals surface area contributed by atoms with Crippen LogP contribution in [-0.4, -0.2) is 63.6 Å². The molecule has 0 aromatic heterocycles. The number of aliphatic hydroxyl groups excluding tert-OH is 1. The quantitative estimate of drug-likeness (QED) is 0.467. The van der Waals surface area contributed by atoms with Crippen molar-refractivity contribution in [2.75, 3.05) is 45.3 Å². The molecule has 3 atom stereocenters. The first kappa shape index (κ1) is 22.5. The Morgan fingerprint density at radius 3 is 2.57 bits per heavy atom. The van der Waals surface area contributed by atoms with Gasteiger partial charge in [-0.1, -0.05) is 19.8 Å². The molecule has 2 aliphatic rings. The topological polar surface area (TPSA) is 78.4 Å². The number of nitrogens with one attached hydrogen (secondary N) is 2. The third-order valence-corrected chi connectivity index (χ3v) is 6.45. The average Bonchev–Trinajstić information content (AvgIpc) is 3.22. The first-order valence-electron chi connectivity index (χ1n) is 11.2. The lowest BCUT2D eigenvalue weighted by Crippen LogP contribution is -2.46. The molecule has 7 heteroatoms. The molecule has 1 heterocycles. The standard InChI is InChI=1S/C23H38N4O3/c1-5-24-22(25-16-23(2)10-7-6-8-21(23)28)26-17-9-11-27(15-17)18-12-19(29-3)14-20(13-18)30-4/h12-14,17,21,28H,5-11,15-16H2,1-4H3,(H2,24,25,26). The zero-order chi connectivity index (χ0) is 21.6. The van der Waals surface area contributed by atoms with E-state index in [1.54, 1.807) is 14.2 Å². The molecule has 0 amide bonds. The van der Waals surface area contributed by atoms with Gasteiger partial charge in [0.15, 0.2) is 5.96 Å². The van der Waals surface area contributed by atoms with Crippen LogP contribution in [0.1, 0.15) is 46.0 Å². The smallest absolute Gasteiger partial charge is 0.191 e. The van der Waals surface area contributed by atoms with Crippen LogP contribution in [0.5, 0.6) is 11.5 Å². The summed E-state index contributed by atoms with van der Waals surface area (Å²) >= 11 is 0. The Morgan fingerprint density at radius 1 is 1.20 bits per heavy atom. The molecule has 0 spiro atoms. The third-order valence-electron chi connectivity index (χ3n) is 6.45. The summed E-state index contributed by atoms with van der Waals surface area (Å²) in [5, 5.41) is 17.4. The minimum atomic E-state index is -0.261. The molecular formula is C23H38N4O3. The maximum absolute atomic E-state index is 10.5. The van der Waals surface area contributed by atoms with E-state index in [1.807, 2.05) is 6.07 Å². The molecule has 1 aromatic rings. The zero-order valence-corrected chi connectivity index (χ0v) is 18.9. The van der Waals surface area contributed by atoms with E-state index >= 15 is 0 Å². The van der Waals surface area contributed by atoms with Crippen LogP contribution < -0.4 is 25.0 Å². The number of aliphatic imine (C=N–C) groups is 1. The van der Waals surface area contributed by atoms with Crippen LogP contribution in [0, 0.1) is 5.41 Å². The molecule has 2 fully saturated rings. The number of benzene rings is 1. The highest BCUT2D eigenvalue weighted by Gasteiger charge is 2.35. The van der Waals surface area contributed by atoms with Gasteiger partial charge in [0, 0.05) is 55.0 Å². The number of methoxy groups -OCH3 is 2. The van der Waals surface area contributed by atoms with Crippen molar-refractivity contribution in [1.82, 2.24) is 10.6 Å². The summed E-state index contributed by atoms with van der Waals surface area (Å²) in [6, 6.07) is 6.31. The Morgan fingerprint density at radius 2 is 1.93 bits per heavy atom. The summed E-state index contributed by atoms with van der Waals surface area (Å²) in [5.74, 6) is 2.44. The highest BCUT2D eigenvalue weighted by Crippen LogP contribution is 2.36. The van der Waals surface area contributed by atoms with Gasteiger partial charge in [0.1, 0.15) is 11.5 Å². The van der Waals surface area contributed by atoms with Crippen LogP contribution in [0.15, 0.2) is 23.2 Å². The summed E-state index contributed by atoms with van der Waals surface area (Å²) in [7, 11) is 3.35. The van der Waals surface area contributed by atoms with E-state index < -0.39 is 0 Å². The summed E-state index contributed by atoms with van der Waals surface area (Å²) in [5.41, 5.74) is 0.981. The van der Waals surface area contributed by atoms with Crippen molar-refractivity contribution in [3.05, 3.63) is 18.2 Å². The van der Waals surface area contributed by atoms with Crippen LogP contribution in [0.2, 0.25) is 0 Å². The predicted octanol–water partition coefficient (Wildman–Crippen LogP) is 2.78. The van der Waals surface area contributed by atoms with Gasteiger partial charge in [-0.15, -0.1) is 0 Å². The highest BCUT2D eigenvalue weighted by atomic mass is 16.5. The van der Waals surface area contributed by atoms with E-state index in [2.05, 4.69) is 41.5 Å². The van der Waals surface area contributed by atoms with E-state index in [4.69, 9.17) is 14.5 Å². The molecule has 0 radical (unpaired) electrons. The highest BCUT2D eigenvalue weighted by molar-refractivity contribution is 5.80. The van der Waals surface area contributed by atoms with Crippen molar-refractivity contribution in [2.24, 2.45) is 10.4 Å². The number of guanidine groups is 1. The van der Waals surface area contributed by atoms with Crippen molar-refractivity contribution >= 4 is 11.6 Å². The lowest BCUT2D eigenvalue weighted by Gasteiger charge is -2.37. The second-order valence-corrected chi connectivity index (χ2v) is 8.76. The van der Waals surface area contributed by atoms with Gasteiger partial charge in [0.05, 0.1) is 26.9 Å². The maximum Gasteiger partial charge on any atom is 0.191 e. The molecule has 30 heavy (non-hydrogen) atoms. The molecule has 1 saturated carbocycles. The van der Waals surface area contributed by atoms with Crippen molar-refractivity contribution < 1.29 is 14.6 Å². The maximum atomic E-state index is 10.5. The number of rotatable bonds is 7. The van der Waals surface area contributed by atoms with E-state index in [0.717, 1.165) is 68.5 Å². The van der Waals surface area contributed by atoms with E-state index in [0.29, 0.717) is 12.6 Å². The number of hydrogen-bond acceptors (Lipinski definition) is 5. The van der Waals surface area contributed by atoms with E-state index in [9.17, 15) is 5.11 Å². The molecule has 1 saturated heterocycles. The average molecular weight is 419 g/mol. The van der Waals surface area contributed by atoms with Crippen molar-refractivity contribution in [1.29, 1.82) is 0 Å². The molecule has 3 N–H and O–H groups in total. The summed E-state index contributed by atoms with van der Waals surface area (Å²) in [6.45, 7) is 7.56. The van der Waals surface area contributed by atoms with Crippen LogP contribution in [0.3, 0.4) is 0 Å². The SMILES string of the molecule is CCNC(=NCC1(C)CCCCC1O)NC1CCN(c2cc(OC)cc(OC)c2)C1. The van der Waals surface area contributed by atoms with Gasteiger partial charge in [0.25, 0.3) is 0 Å². The van der Waals surface area contributed by atoms with Gasteiger partial charge in [-0.3, -0.25) is 4.99 Å². The molecule has 3 unspecified atom stereocenters. The van der Waals surface area contributed by atoms with Crippen molar-refractivity contribution in [2.45, 2.75) is 58.1 Å². The Balaban J connectivity index is 1.63. The number of hydrogen-bond donors (Lipinski definition) is 3. The lowest BCUT2D eigenvalue weighted by atomic mass is 9.73. The number of ether oxygens (including phenoxy) is 2. The van der Waals surface area contributed by atoms with Crippen LogP contribution in [0.4, 0.5) is 5.69 Å². The minimum Gasteiger partial charge on any atom is -0.497 e. The second kappa shape index (κ2) is 10.2. The van der Waals surface area contributed by atoms with Gasteiger partial charge < -0.3 is 30.1 Å². The first-order chi connectivity index (χ1) is 14.5. The monoisotopic (exact) mass is 418 g/mol. The number of nitrogens with zero attached hydrogens (tertiary/aromatic N) is 2. The summed E-state index contributed by atoms with van der Waals surface area (Å²) < 4.78 is 10.8. The lowest BCUT2D eigenvalue weighted by molar-refractivity contribution is 0.00716. The summed E-state index contributed by atoms with van der Waals surface area (Å²) in [4.78, 5) is 7.20. The molecule has 0 bridgehead atoms. The van der Waals surface area contributed by atoms with Crippen molar-refractivity contribution in [3.63, 3.8) is 0 Å². The minimum absolute atomic E-state index is 0.126. The van der Waals surface area contributed by atoms with Gasteiger partial charge in [-0.05, 0) is 26.2 Å². The van der Waals surface area contributed by atoms with Crippen LogP contribution in [0.25, 0.3) is 0 Å². The number of aliphatic hydroxyl groups is 1. The van der Waals surface area contributed by atoms with Crippen LogP contribution >= 0.6 is 0 Å². The van der Waals surface area contributed by atoms with Gasteiger partial charge in [0.2, 0.25) is 0 Å². The first-order valence-corrected chi connectivity index (χ1v) is 11.2. The molecule has 1 aliphatic heterocycles. The van der Waals surface area contributed by atoms with Crippen molar-refractivity contribution in [3.8, 4) is 11.5 Å². The van der Waals surface area contributed by atoms with Gasteiger partial charge in [-0.25, -0.2) is 0 Å². The molecule has 1 aliphatic carbocycles. The molecular weight excluding hydrogens is 380 g/mol. The number of anilines is 1.